The van der Waals surface area contributed by atoms with E-state index < -0.39 is 33.1 Å². The van der Waals surface area contributed by atoms with Gasteiger partial charge in [-0.05, 0) is 30.9 Å². The number of hydrogen-bond acceptors (Lipinski definition) is 10. The van der Waals surface area contributed by atoms with Crippen LogP contribution in [0.5, 0.6) is 0 Å². The number of aryl methyl sites for hydroxylation is 1. The molecule has 0 bridgehead atoms. The highest BCUT2D eigenvalue weighted by Gasteiger charge is 2.41. The molecule has 2 aromatic heterocycles. The SMILES string of the molecule is Cc1ncc([N+](=O)[O-])n1CCOC(=O)C(C)(Cl)N1CCN(c2cc3c(cc2F)c(=O)c(C(=O)O)c2n3C(C)S2)CC1. The smallest absolute Gasteiger partial charge is 0.342 e. The van der Waals surface area contributed by atoms with E-state index in [0.29, 0.717) is 42.5 Å². The Hall–Kier alpha value is -3.69. The third-order valence-corrected chi connectivity index (χ3v) is 9.01. The molecule has 41 heavy (non-hydrogen) atoms. The number of ether oxygens (including phenoxy) is 1. The number of carboxylic acids is 1. The first-order chi connectivity index (χ1) is 19.3. The van der Waals surface area contributed by atoms with Crippen molar-refractivity contribution in [3.63, 3.8) is 0 Å². The summed E-state index contributed by atoms with van der Waals surface area (Å²) in [4.78, 5) is 53.9. The van der Waals surface area contributed by atoms with Gasteiger partial charge in [-0.3, -0.25) is 9.69 Å². The molecule has 2 unspecified atom stereocenters. The molecule has 0 saturated carbocycles. The molecule has 0 radical (unpaired) electrons. The van der Waals surface area contributed by atoms with E-state index in [1.165, 1.54) is 23.3 Å². The molecular weight excluding hydrogens is 583 g/mol. The lowest BCUT2D eigenvalue weighted by molar-refractivity contribution is -0.392. The van der Waals surface area contributed by atoms with Crippen molar-refractivity contribution in [3.8, 4) is 0 Å². The lowest BCUT2D eigenvalue weighted by atomic mass is 10.1. The van der Waals surface area contributed by atoms with Gasteiger partial charge in [0.15, 0.2) is 10.8 Å². The van der Waals surface area contributed by atoms with Crippen molar-refractivity contribution in [2.75, 3.05) is 37.7 Å². The molecule has 0 amide bonds. The number of aromatic carboxylic acids is 1. The Balaban J connectivity index is 1.28. The molecule has 16 heteroatoms. The number of fused-ring (bicyclic) bond motifs is 3. The maximum atomic E-state index is 15.3. The first-order valence-electron chi connectivity index (χ1n) is 12.7. The number of nitrogens with zero attached hydrogens (tertiary/aromatic N) is 6. The predicted octanol–water partition coefficient (Wildman–Crippen LogP) is 3.20. The highest BCUT2D eigenvalue weighted by atomic mass is 35.5. The topological polar surface area (TPSA) is 153 Å². The Kier molecular flexibility index (Phi) is 7.46. The van der Waals surface area contributed by atoms with Crippen LogP contribution in [0, 0.1) is 22.9 Å². The lowest BCUT2D eigenvalue weighted by Gasteiger charge is -2.42. The molecule has 1 saturated heterocycles. The molecule has 13 nitrogen and oxygen atoms in total. The Bertz CT molecular complexity index is 1650. The summed E-state index contributed by atoms with van der Waals surface area (Å²) in [5, 5.41) is 20.9. The zero-order valence-corrected chi connectivity index (χ0v) is 23.9. The number of anilines is 1. The minimum Gasteiger partial charge on any atom is -0.477 e. The highest BCUT2D eigenvalue weighted by Crippen LogP contribution is 2.46. The van der Waals surface area contributed by atoms with Crippen LogP contribution in [0.2, 0.25) is 0 Å². The second-order valence-corrected chi connectivity index (χ2v) is 11.9. The van der Waals surface area contributed by atoms with Gasteiger partial charge in [-0.2, -0.15) is 0 Å². The fourth-order valence-corrected chi connectivity index (χ4v) is 6.58. The molecule has 1 aromatic carbocycles. The second kappa shape index (κ2) is 10.6. The van der Waals surface area contributed by atoms with Crippen LogP contribution in [-0.4, -0.2) is 78.8 Å². The van der Waals surface area contributed by atoms with Crippen LogP contribution in [0.15, 0.2) is 28.2 Å². The van der Waals surface area contributed by atoms with Crippen molar-refractivity contribution in [1.82, 2.24) is 19.0 Å². The van der Waals surface area contributed by atoms with Crippen LogP contribution >= 0.6 is 23.4 Å². The number of halogens is 2. The lowest BCUT2D eigenvalue weighted by Crippen LogP contribution is -2.57. The van der Waals surface area contributed by atoms with E-state index in [1.807, 2.05) is 6.92 Å². The van der Waals surface area contributed by atoms with Gasteiger partial charge in [0.2, 0.25) is 5.43 Å². The van der Waals surface area contributed by atoms with E-state index in [-0.39, 0.29) is 41.0 Å². The molecule has 3 aromatic rings. The van der Waals surface area contributed by atoms with Crippen LogP contribution < -0.4 is 10.3 Å². The van der Waals surface area contributed by atoms with Crippen molar-refractivity contribution in [2.24, 2.45) is 0 Å². The number of pyridine rings is 1. The summed E-state index contributed by atoms with van der Waals surface area (Å²) in [6, 6.07) is 2.66. The van der Waals surface area contributed by atoms with Crippen molar-refractivity contribution in [2.45, 2.75) is 42.7 Å². The molecule has 4 heterocycles. The summed E-state index contributed by atoms with van der Waals surface area (Å²) in [5.41, 5.74) is -0.357. The third kappa shape index (κ3) is 4.91. The van der Waals surface area contributed by atoms with E-state index >= 15 is 4.39 Å². The summed E-state index contributed by atoms with van der Waals surface area (Å²) < 4.78 is 23.7. The van der Waals surface area contributed by atoms with Crippen molar-refractivity contribution >= 4 is 57.7 Å². The Labute approximate surface area is 241 Å². The predicted molar refractivity (Wildman–Crippen MR) is 148 cm³/mol. The van der Waals surface area contributed by atoms with Crippen molar-refractivity contribution < 1.29 is 28.7 Å². The maximum Gasteiger partial charge on any atom is 0.342 e. The van der Waals surface area contributed by atoms with Gasteiger partial charge in [0.05, 0.1) is 21.6 Å². The Morgan fingerprint density at radius 3 is 2.61 bits per heavy atom. The zero-order valence-electron chi connectivity index (χ0n) is 22.3. The van der Waals surface area contributed by atoms with Gasteiger partial charge in [0.1, 0.15) is 30.7 Å². The quantitative estimate of drug-likeness (QED) is 0.132. The van der Waals surface area contributed by atoms with Crippen LogP contribution in [-0.2, 0) is 16.1 Å². The van der Waals surface area contributed by atoms with E-state index in [9.17, 15) is 29.6 Å². The average Bonchev–Trinajstić information content (AvgIpc) is 3.28. The summed E-state index contributed by atoms with van der Waals surface area (Å²) in [5.74, 6) is -2.52. The molecule has 0 spiro atoms. The minimum atomic E-state index is -1.53. The van der Waals surface area contributed by atoms with Gasteiger partial charge in [-0.1, -0.05) is 23.4 Å². The highest BCUT2D eigenvalue weighted by molar-refractivity contribution is 8.00. The fraction of sp³-hybridized carbons (Fsp3) is 0.440. The first-order valence-corrected chi connectivity index (χ1v) is 13.9. The van der Waals surface area contributed by atoms with Crippen LogP contribution in [0.25, 0.3) is 10.9 Å². The molecule has 5 rings (SSSR count). The number of carbonyl (C=O) groups excluding carboxylic acids is 1. The molecule has 0 aliphatic carbocycles. The Morgan fingerprint density at radius 1 is 1.32 bits per heavy atom. The first kappa shape index (κ1) is 28.8. The summed E-state index contributed by atoms with van der Waals surface area (Å²) in [6.07, 6.45) is 1.14. The van der Waals surface area contributed by atoms with E-state index in [2.05, 4.69) is 4.98 Å². The molecule has 1 fully saturated rings. The summed E-state index contributed by atoms with van der Waals surface area (Å²) in [7, 11) is 0. The zero-order chi connectivity index (χ0) is 29.8. The maximum absolute atomic E-state index is 15.3. The van der Waals surface area contributed by atoms with E-state index in [0.717, 1.165) is 12.3 Å². The molecule has 2 aliphatic rings. The number of esters is 1. The number of rotatable bonds is 8. The minimum absolute atomic E-state index is 0.00508. The van der Waals surface area contributed by atoms with Crippen LogP contribution in [0.3, 0.4) is 0 Å². The van der Waals surface area contributed by atoms with Gasteiger partial charge >= 0.3 is 17.8 Å². The van der Waals surface area contributed by atoms with E-state index in [4.69, 9.17) is 16.3 Å². The molecule has 2 aliphatic heterocycles. The molecule has 1 N–H and O–H groups in total. The normalized spacial score (nSPS) is 18.5. The van der Waals surface area contributed by atoms with Crippen molar-refractivity contribution in [1.29, 1.82) is 0 Å². The van der Waals surface area contributed by atoms with Gasteiger partial charge in [-0.15, -0.1) is 0 Å². The molecular formula is C25H26ClFN6O7S. The van der Waals surface area contributed by atoms with Crippen LogP contribution in [0.4, 0.5) is 15.9 Å². The number of imidazole rings is 1. The summed E-state index contributed by atoms with van der Waals surface area (Å²) >= 11 is 7.88. The van der Waals surface area contributed by atoms with Gasteiger partial charge in [0.25, 0.3) is 0 Å². The van der Waals surface area contributed by atoms with Crippen molar-refractivity contribution in [3.05, 3.63) is 55.9 Å². The second-order valence-electron chi connectivity index (χ2n) is 9.86. The fourth-order valence-electron chi connectivity index (χ4n) is 5.20. The number of nitro groups is 1. The standard InChI is InChI=1S/C25H26ClFN6O7S/c1-13-28-12-19(33(38)39)31(13)8-9-40-24(37)25(3,26)30-6-4-29(5-7-30)18-11-17-15(10-16(18)27)21(34)20(23(35)36)22-32(17)14(2)41-22/h10-12,14H,4-9H2,1-3H3,(H,35,36). The third-order valence-electron chi connectivity index (χ3n) is 7.44. The molecule has 218 valence electrons. The largest absolute Gasteiger partial charge is 0.477 e. The number of piperazine rings is 1. The monoisotopic (exact) mass is 608 g/mol. The van der Waals surface area contributed by atoms with Crippen LogP contribution in [0.1, 0.15) is 35.4 Å². The number of carbonyl (C=O) groups is 2. The summed E-state index contributed by atoms with van der Waals surface area (Å²) in [6.45, 7) is 6.07. The number of alkyl halides is 1. The molecule has 2 atom stereocenters. The van der Waals surface area contributed by atoms with E-state index in [1.54, 1.807) is 27.4 Å². The number of benzene rings is 1. The number of carboxylic acid groups (broad SMARTS) is 1. The Morgan fingerprint density at radius 2 is 2.00 bits per heavy atom. The van der Waals surface area contributed by atoms with Gasteiger partial charge in [-0.25, -0.2) is 23.5 Å². The number of hydrogen-bond donors (Lipinski definition) is 1. The number of thioether (sulfide) groups is 1. The number of aromatic nitrogens is 3. The van der Waals surface area contributed by atoms with Gasteiger partial charge < -0.3 is 29.4 Å². The average molecular weight is 609 g/mol. The van der Waals surface area contributed by atoms with Gasteiger partial charge in [0, 0.05) is 38.5 Å².